The molecular weight excluding hydrogens is 511 g/mol. The lowest BCUT2D eigenvalue weighted by Gasteiger charge is -2.25. The Labute approximate surface area is 214 Å². The summed E-state index contributed by atoms with van der Waals surface area (Å²) in [5.74, 6) is 0.737. The van der Waals surface area contributed by atoms with Gasteiger partial charge in [0, 0.05) is 5.56 Å². The van der Waals surface area contributed by atoms with Crippen LogP contribution in [0.25, 0.3) is 6.08 Å². The van der Waals surface area contributed by atoms with E-state index in [4.69, 9.17) is 37.4 Å². The predicted octanol–water partition coefficient (Wildman–Crippen LogP) is 4.14. The molecule has 10 heteroatoms. The maximum absolute atomic E-state index is 13.8. The van der Waals surface area contributed by atoms with Crippen LogP contribution >= 0.6 is 34.5 Å². The first-order valence-electron chi connectivity index (χ1n) is 10.8. The summed E-state index contributed by atoms with van der Waals surface area (Å²) < 4.78 is 18.2. The normalized spacial score (nSPS) is 16.8. The van der Waals surface area contributed by atoms with E-state index in [0.717, 1.165) is 11.1 Å². The first-order chi connectivity index (χ1) is 16.8. The van der Waals surface area contributed by atoms with Gasteiger partial charge in [-0.25, -0.2) is 9.79 Å². The molecule has 3 aromatic rings. The van der Waals surface area contributed by atoms with E-state index in [-0.39, 0.29) is 29.6 Å². The molecule has 0 N–H and O–H groups in total. The van der Waals surface area contributed by atoms with Gasteiger partial charge in [0.05, 0.1) is 32.5 Å². The Balaban J connectivity index is 1.75. The molecule has 2 aliphatic heterocycles. The molecule has 5 rings (SSSR count). The molecule has 2 aliphatic rings. The van der Waals surface area contributed by atoms with Crippen LogP contribution in [0.2, 0.25) is 10.0 Å². The van der Waals surface area contributed by atoms with E-state index in [0.29, 0.717) is 37.1 Å². The number of fused-ring (bicyclic) bond motifs is 2. The van der Waals surface area contributed by atoms with Crippen molar-refractivity contribution in [2.45, 2.75) is 26.8 Å². The highest BCUT2D eigenvalue weighted by molar-refractivity contribution is 7.07. The maximum Gasteiger partial charge on any atom is 0.338 e. The molecule has 2 aromatic carbocycles. The van der Waals surface area contributed by atoms with E-state index in [2.05, 4.69) is 4.99 Å². The largest absolute Gasteiger partial charge is 0.463 e. The zero-order valence-corrected chi connectivity index (χ0v) is 21.4. The highest BCUT2D eigenvalue weighted by Crippen LogP contribution is 2.38. The number of carbonyl (C=O) groups is 1. The number of halogens is 2. The van der Waals surface area contributed by atoms with Gasteiger partial charge in [-0.1, -0.05) is 46.7 Å². The third-order valence-corrected chi connectivity index (χ3v) is 7.66. The topological polar surface area (TPSA) is 79.1 Å². The van der Waals surface area contributed by atoms with Crippen molar-refractivity contribution in [3.63, 3.8) is 0 Å². The van der Waals surface area contributed by atoms with E-state index in [9.17, 15) is 9.59 Å². The number of carbonyl (C=O) groups excluding carboxylic acids is 1. The molecule has 7 nitrogen and oxygen atoms in total. The number of aryl methyl sites for hydroxylation is 1. The maximum atomic E-state index is 13.8. The fourth-order valence-electron chi connectivity index (χ4n) is 4.17. The van der Waals surface area contributed by atoms with Gasteiger partial charge in [-0.3, -0.25) is 9.36 Å². The van der Waals surface area contributed by atoms with Crippen LogP contribution in [-0.4, -0.2) is 23.9 Å². The third kappa shape index (κ3) is 4.05. The average molecular weight is 531 g/mol. The SMILES string of the molecule is CCOC(=O)C1=C(C)N=c2s/c(=C\c3cc4c(cc3C)OCO4)c(=O)n2[C@H]1c1cccc(Cl)c1Cl. The standard InChI is InChI=1S/C25H20Cl2N2O5S/c1-4-32-24(31)20-13(3)28-25-29(22(20)15-6-5-7-16(26)21(15)27)23(30)19(35-25)10-14-9-18-17(8-12(14)2)33-11-34-18/h5-10,22H,4,11H2,1-3H3/b19-10-/t22-/m0/s1. The average Bonchev–Trinajstić information content (AvgIpc) is 3.39. The first-order valence-corrected chi connectivity index (χ1v) is 12.4. The van der Waals surface area contributed by atoms with Gasteiger partial charge in [0.2, 0.25) is 6.79 Å². The van der Waals surface area contributed by atoms with E-state index in [1.807, 2.05) is 19.1 Å². The van der Waals surface area contributed by atoms with Gasteiger partial charge in [-0.2, -0.15) is 0 Å². The van der Waals surface area contributed by atoms with Gasteiger partial charge in [-0.05, 0) is 56.2 Å². The number of benzene rings is 2. The van der Waals surface area contributed by atoms with Crippen molar-refractivity contribution in [2.24, 2.45) is 4.99 Å². The van der Waals surface area contributed by atoms with E-state index in [1.54, 1.807) is 38.1 Å². The molecule has 1 aromatic heterocycles. The molecule has 0 unspecified atom stereocenters. The second-order valence-corrected chi connectivity index (χ2v) is 9.80. The second kappa shape index (κ2) is 9.18. The van der Waals surface area contributed by atoms with Crippen LogP contribution in [0.1, 0.15) is 36.6 Å². The third-order valence-electron chi connectivity index (χ3n) is 5.84. The van der Waals surface area contributed by atoms with Crippen LogP contribution in [0.4, 0.5) is 0 Å². The van der Waals surface area contributed by atoms with Gasteiger partial charge in [0.1, 0.15) is 6.04 Å². The number of allylic oxidation sites excluding steroid dienone is 1. The summed E-state index contributed by atoms with van der Waals surface area (Å²) in [7, 11) is 0. The molecular formula is C25H20Cl2N2O5S. The van der Waals surface area contributed by atoms with Gasteiger partial charge in [-0.15, -0.1) is 0 Å². The monoisotopic (exact) mass is 530 g/mol. The summed E-state index contributed by atoms with van der Waals surface area (Å²) in [5.41, 5.74) is 2.66. The Hall–Kier alpha value is -3.07. The summed E-state index contributed by atoms with van der Waals surface area (Å²) in [6, 6.07) is 8.01. The Morgan fingerprint density at radius 2 is 2.00 bits per heavy atom. The van der Waals surface area contributed by atoms with E-state index in [1.165, 1.54) is 15.9 Å². The molecule has 0 amide bonds. The number of nitrogens with zero attached hydrogens (tertiary/aromatic N) is 2. The van der Waals surface area contributed by atoms with E-state index >= 15 is 0 Å². The van der Waals surface area contributed by atoms with Crippen LogP contribution in [0.3, 0.4) is 0 Å². The molecule has 3 heterocycles. The number of hydrogen-bond donors (Lipinski definition) is 0. The van der Waals surface area contributed by atoms with Crippen molar-refractivity contribution in [1.82, 2.24) is 4.57 Å². The summed E-state index contributed by atoms with van der Waals surface area (Å²) >= 11 is 14.1. The fraction of sp³-hybridized carbons (Fsp3) is 0.240. The molecule has 0 saturated heterocycles. The minimum absolute atomic E-state index is 0.163. The molecule has 0 radical (unpaired) electrons. The summed E-state index contributed by atoms with van der Waals surface area (Å²) in [6.07, 6.45) is 1.79. The van der Waals surface area contributed by atoms with Crippen molar-refractivity contribution in [1.29, 1.82) is 0 Å². The van der Waals surface area contributed by atoms with Crippen LogP contribution in [-0.2, 0) is 9.53 Å². The van der Waals surface area contributed by atoms with Crippen molar-refractivity contribution in [3.05, 3.63) is 88.0 Å². The van der Waals surface area contributed by atoms with Crippen molar-refractivity contribution in [3.8, 4) is 11.5 Å². The van der Waals surface area contributed by atoms with Crippen LogP contribution in [0.15, 0.2) is 51.4 Å². The van der Waals surface area contributed by atoms with Gasteiger partial charge in [0.25, 0.3) is 5.56 Å². The molecule has 0 aliphatic carbocycles. The number of hydrogen-bond acceptors (Lipinski definition) is 7. The van der Waals surface area contributed by atoms with Crippen LogP contribution < -0.4 is 24.4 Å². The second-order valence-electron chi connectivity index (χ2n) is 8.01. The zero-order valence-electron chi connectivity index (χ0n) is 19.1. The van der Waals surface area contributed by atoms with Crippen molar-refractivity contribution < 1.29 is 19.0 Å². The van der Waals surface area contributed by atoms with Crippen LogP contribution in [0.5, 0.6) is 11.5 Å². The molecule has 1 atom stereocenters. The zero-order chi connectivity index (χ0) is 24.9. The number of rotatable bonds is 4. The quantitative estimate of drug-likeness (QED) is 0.473. The molecule has 35 heavy (non-hydrogen) atoms. The summed E-state index contributed by atoms with van der Waals surface area (Å²) in [5, 5.41) is 0.581. The van der Waals surface area contributed by atoms with E-state index < -0.39 is 12.0 Å². The highest BCUT2D eigenvalue weighted by Gasteiger charge is 2.35. The minimum Gasteiger partial charge on any atom is -0.463 e. The highest BCUT2D eigenvalue weighted by atomic mass is 35.5. The number of thiazole rings is 1. The lowest BCUT2D eigenvalue weighted by atomic mass is 9.96. The molecule has 0 fully saturated rings. The van der Waals surface area contributed by atoms with Gasteiger partial charge >= 0.3 is 5.97 Å². The fourth-order valence-corrected chi connectivity index (χ4v) is 5.62. The van der Waals surface area contributed by atoms with Crippen molar-refractivity contribution in [2.75, 3.05) is 13.4 Å². The van der Waals surface area contributed by atoms with Gasteiger partial charge < -0.3 is 14.2 Å². The Morgan fingerprint density at radius 3 is 2.74 bits per heavy atom. The Morgan fingerprint density at radius 1 is 1.26 bits per heavy atom. The van der Waals surface area contributed by atoms with Crippen LogP contribution in [0, 0.1) is 6.92 Å². The number of ether oxygens (including phenoxy) is 3. The lowest BCUT2D eigenvalue weighted by Crippen LogP contribution is -2.40. The Kier molecular flexibility index (Phi) is 6.21. The Bertz CT molecular complexity index is 1590. The molecule has 0 bridgehead atoms. The smallest absolute Gasteiger partial charge is 0.338 e. The molecule has 180 valence electrons. The lowest BCUT2D eigenvalue weighted by molar-refractivity contribution is -0.139. The predicted molar refractivity (Wildman–Crippen MR) is 134 cm³/mol. The summed E-state index contributed by atoms with van der Waals surface area (Å²) in [4.78, 5) is 31.8. The van der Waals surface area contributed by atoms with Gasteiger partial charge in [0.15, 0.2) is 16.3 Å². The molecule has 0 spiro atoms. The molecule has 0 saturated carbocycles. The van der Waals surface area contributed by atoms with Crippen molar-refractivity contribution >= 4 is 46.6 Å². The minimum atomic E-state index is -0.837. The summed E-state index contributed by atoms with van der Waals surface area (Å²) in [6.45, 7) is 5.72. The first kappa shape index (κ1) is 23.7. The number of esters is 1. The number of aromatic nitrogens is 1.